The molecule has 0 aliphatic carbocycles. The lowest BCUT2D eigenvalue weighted by molar-refractivity contribution is 0.0689. The standard InChI is InChI=1S/C10H10N2O2/c1-6-3-4-7(2)12-8(10(13)14)5-11-9(6)12/h3-5H,1-2H3,(H,13,14). The lowest BCUT2D eigenvalue weighted by atomic mass is 10.2. The minimum Gasteiger partial charge on any atom is -0.477 e. The molecule has 2 heterocycles. The Kier molecular flexibility index (Phi) is 1.77. The van der Waals surface area contributed by atoms with E-state index in [1.54, 1.807) is 4.40 Å². The predicted octanol–water partition coefficient (Wildman–Crippen LogP) is 1.65. The largest absolute Gasteiger partial charge is 0.477 e. The highest BCUT2D eigenvalue weighted by Gasteiger charge is 2.12. The number of hydrogen-bond donors (Lipinski definition) is 1. The van der Waals surface area contributed by atoms with Gasteiger partial charge in [0.05, 0.1) is 6.20 Å². The van der Waals surface area contributed by atoms with Crippen molar-refractivity contribution < 1.29 is 9.90 Å². The fourth-order valence-corrected chi connectivity index (χ4v) is 1.53. The second-order valence-electron chi connectivity index (χ2n) is 3.27. The molecule has 0 spiro atoms. The van der Waals surface area contributed by atoms with Crippen LogP contribution in [0.3, 0.4) is 0 Å². The van der Waals surface area contributed by atoms with E-state index in [0.717, 1.165) is 11.3 Å². The van der Waals surface area contributed by atoms with Crippen LogP contribution >= 0.6 is 0 Å². The Morgan fingerprint density at radius 1 is 1.43 bits per heavy atom. The fourth-order valence-electron chi connectivity index (χ4n) is 1.53. The number of nitrogens with zero attached hydrogens (tertiary/aromatic N) is 2. The summed E-state index contributed by atoms with van der Waals surface area (Å²) < 4.78 is 1.65. The second kappa shape index (κ2) is 2.83. The molecule has 0 fully saturated rings. The number of fused-ring (bicyclic) bond motifs is 1. The number of imidazole rings is 1. The average Bonchev–Trinajstić information content (AvgIpc) is 2.56. The quantitative estimate of drug-likeness (QED) is 0.743. The summed E-state index contributed by atoms with van der Waals surface area (Å²) in [7, 11) is 0. The Hall–Kier alpha value is -1.84. The zero-order valence-corrected chi connectivity index (χ0v) is 7.98. The first-order valence-corrected chi connectivity index (χ1v) is 4.28. The van der Waals surface area contributed by atoms with Crippen LogP contribution in [0.2, 0.25) is 0 Å². The molecule has 0 aliphatic rings. The monoisotopic (exact) mass is 190 g/mol. The van der Waals surface area contributed by atoms with Crippen LogP contribution in [0.25, 0.3) is 5.65 Å². The zero-order valence-electron chi connectivity index (χ0n) is 7.98. The maximum absolute atomic E-state index is 10.9. The summed E-state index contributed by atoms with van der Waals surface area (Å²) in [6, 6.07) is 3.82. The van der Waals surface area contributed by atoms with Crippen LogP contribution in [0.15, 0.2) is 18.3 Å². The average molecular weight is 190 g/mol. The number of pyridine rings is 1. The molecule has 2 aromatic heterocycles. The Balaban J connectivity index is 2.90. The van der Waals surface area contributed by atoms with Gasteiger partial charge in [0.15, 0.2) is 5.69 Å². The molecule has 2 rings (SSSR count). The van der Waals surface area contributed by atoms with Gasteiger partial charge < -0.3 is 5.11 Å². The van der Waals surface area contributed by atoms with Crippen molar-refractivity contribution in [3.8, 4) is 0 Å². The van der Waals surface area contributed by atoms with E-state index in [0.29, 0.717) is 5.65 Å². The molecule has 0 unspecified atom stereocenters. The van der Waals surface area contributed by atoms with Gasteiger partial charge >= 0.3 is 5.97 Å². The summed E-state index contributed by atoms with van der Waals surface area (Å²) in [5.74, 6) is -0.953. The van der Waals surface area contributed by atoms with Crippen molar-refractivity contribution in [2.75, 3.05) is 0 Å². The first-order chi connectivity index (χ1) is 6.61. The summed E-state index contributed by atoms with van der Waals surface area (Å²) in [4.78, 5) is 15.0. The SMILES string of the molecule is Cc1ccc(C)n2c(C(=O)O)cnc12. The molecule has 0 saturated carbocycles. The van der Waals surface area contributed by atoms with Crippen molar-refractivity contribution in [1.82, 2.24) is 9.38 Å². The van der Waals surface area contributed by atoms with Crippen molar-refractivity contribution in [1.29, 1.82) is 0 Å². The highest BCUT2D eigenvalue weighted by Crippen LogP contribution is 2.14. The lowest BCUT2D eigenvalue weighted by Gasteiger charge is -2.03. The topological polar surface area (TPSA) is 54.6 Å². The van der Waals surface area contributed by atoms with Crippen molar-refractivity contribution in [2.45, 2.75) is 13.8 Å². The molecule has 14 heavy (non-hydrogen) atoms. The van der Waals surface area contributed by atoms with Crippen LogP contribution in [0.4, 0.5) is 0 Å². The Morgan fingerprint density at radius 3 is 2.79 bits per heavy atom. The van der Waals surface area contributed by atoms with Crippen LogP contribution in [-0.2, 0) is 0 Å². The Morgan fingerprint density at radius 2 is 2.14 bits per heavy atom. The van der Waals surface area contributed by atoms with E-state index in [1.165, 1.54) is 6.20 Å². The van der Waals surface area contributed by atoms with E-state index in [1.807, 2.05) is 26.0 Å². The zero-order chi connectivity index (χ0) is 10.3. The third kappa shape index (κ3) is 1.08. The van der Waals surface area contributed by atoms with E-state index in [-0.39, 0.29) is 5.69 Å². The van der Waals surface area contributed by atoms with Gasteiger partial charge in [-0.1, -0.05) is 6.07 Å². The minimum atomic E-state index is -0.953. The van der Waals surface area contributed by atoms with Gasteiger partial charge in [-0.3, -0.25) is 4.40 Å². The van der Waals surface area contributed by atoms with Crippen molar-refractivity contribution in [3.63, 3.8) is 0 Å². The molecule has 0 amide bonds. The number of aromatic carboxylic acids is 1. The lowest BCUT2D eigenvalue weighted by Crippen LogP contribution is -2.04. The second-order valence-corrected chi connectivity index (χ2v) is 3.27. The highest BCUT2D eigenvalue weighted by atomic mass is 16.4. The highest BCUT2D eigenvalue weighted by molar-refractivity contribution is 5.86. The Bertz CT molecular complexity index is 514. The molecule has 0 radical (unpaired) electrons. The molecular formula is C10H10N2O2. The maximum atomic E-state index is 10.9. The molecule has 1 N–H and O–H groups in total. The predicted molar refractivity (Wildman–Crippen MR) is 51.6 cm³/mol. The molecule has 72 valence electrons. The van der Waals surface area contributed by atoms with Crippen molar-refractivity contribution >= 4 is 11.6 Å². The molecule has 0 aliphatic heterocycles. The minimum absolute atomic E-state index is 0.209. The third-order valence-electron chi connectivity index (χ3n) is 2.26. The van der Waals surface area contributed by atoms with E-state index < -0.39 is 5.97 Å². The molecule has 2 aromatic rings. The summed E-state index contributed by atoms with van der Waals surface area (Å²) in [5, 5.41) is 8.93. The first kappa shape index (κ1) is 8.74. The van der Waals surface area contributed by atoms with Crippen molar-refractivity contribution in [3.05, 3.63) is 35.3 Å². The maximum Gasteiger partial charge on any atom is 0.354 e. The number of hydrogen-bond acceptors (Lipinski definition) is 2. The molecule has 0 saturated heterocycles. The van der Waals surface area contributed by atoms with E-state index >= 15 is 0 Å². The fraction of sp³-hybridized carbons (Fsp3) is 0.200. The van der Waals surface area contributed by atoms with Gasteiger partial charge in [-0.05, 0) is 25.5 Å². The van der Waals surface area contributed by atoms with Crippen LogP contribution in [0.1, 0.15) is 21.7 Å². The van der Waals surface area contributed by atoms with Crippen LogP contribution < -0.4 is 0 Å². The van der Waals surface area contributed by atoms with Crippen molar-refractivity contribution in [2.24, 2.45) is 0 Å². The third-order valence-corrected chi connectivity index (χ3v) is 2.26. The number of carboxylic acids is 1. The number of rotatable bonds is 1. The van der Waals surface area contributed by atoms with Gasteiger partial charge in [0.2, 0.25) is 0 Å². The van der Waals surface area contributed by atoms with Crippen LogP contribution in [0.5, 0.6) is 0 Å². The summed E-state index contributed by atoms with van der Waals surface area (Å²) in [5.41, 5.74) is 2.77. The van der Waals surface area contributed by atoms with Gasteiger partial charge in [-0.25, -0.2) is 9.78 Å². The van der Waals surface area contributed by atoms with Gasteiger partial charge in [0.1, 0.15) is 5.65 Å². The number of aromatic nitrogens is 2. The molecule has 0 bridgehead atoms. The summed E-state index contributed by atoms with van der Waals surface area (Å²) in [6.07, 6.45) is 1.39. The Labute approximate surface area is 80.8 Å². The summed E-state index contributed by atoms with van der Waals surface area (Å²) in [6.45, 7) is 3.77. The first-order valence-electron chi connectivity index (χ1n) is 4.28. The number of carbonyl (C=O) groups is 1. The molecular weight excluding hydrogens is 180 g/mol. The number of carboxylic acid groups (broad SMARTS) is 1. The molecule has 4 heteroatoms. The molecule has 0 atom stereocenters. The van der Waals surface area contributed by atoms with Crippen LogP contribution in [0, 0.1) is 13.8 Å². The van der Waals surface area contributed by atoms with E-state index in [4.69, 9.17) is 5.11 Å². The van der Waals surface area contributed by atoms with Gasteiger partial charge in [0.25, 0.3) is 0 Å². The van der Waals surface area contributed by atoms with E-state index in [9.17, 15) is 4.79 Å². The van der Waals surface area contributed by atoms with Crippen LogP contribution in [-0.4, -0.2) is 20.5 Å². The van der Waals surface area contributed by atoms with Gasteiger partial charge in [-0.2, -0.15) is 0 Å². The smallest absolute Gasteiger partial charge is 0.354 e. The summed E-state index contributed by atoms with van der Waals surface area (Å²) >= 11 is 0. The molecule has 0 aromatic carbocycles. The molecule has 4 nitrogen and oxygen atoms in total. The van der Waals surface area contributed by atoms with Gasteiger partial charge in [-0.15, -0.1) is 0 Å². The number of aryl methyl sites for hydroxylation is 2. The normalized spacial score (nSPS) is 10.7. The van der Waals surface area contributed by atoms with Gasteiger partial charge in [0, 0.05) is 5.69 Å². The van der Waals surface area contributed by atoms with E-state index in [2.05, 4.69) is 4.98 Å².